The third kappa shape index (κ3) is 9.38. The molecule has 172 valence electrons. The topological polar surface area (TPSA) is 87.0 Å². The number of aliphatic hydroxyl groups is 3. The number of allylic oxidation sites excluding steroid dienone is 2. The Balaban J connectivity index is 1.75. The Hall–Kier alpha value is -1.95. The molecule has 5 atom stereocenters. The van der Waals surface area contributed by atoms with E-state index in [1.165, 1.54) is 0 Å². The van der Waals surface area contributed by atoms with Gasteiger partial charge in [0.1, 0.15) is 0 Å². The number of carbonyl (C=O) groups excluding carboxylic acids is 1. The average Bonchev–Trinajstić information content (AvgIpc) is 3.02. The molecule has 0 radical (unpaired) electrons. The fourth-order valence-electron chi connectivity index (χ4n) is 4.02. The summed E-state index contributed by atoms with van der Waals surface area (Å²) in [5.74, 6) is -0.403. The van der Waals surface area contributed by atoms with E-state index in [1.807, 2.05) is 48.6 Å². The summed E-state index contributed by atoms with van der Waals surface area (Å²) in [6, 6.07) is 9.79. The molecule has 0 aliphatic heterocycles. The molecule has 1 unspecified atom stereocenters. The number of aliphatic hydroxyl groups excluding tert-OH is 3. The summed E-state index contributed by atoms with van der Waals surface area (Å²) in [4.78, 5) is 11.6. The quantitative estimate of drug-likeness (QED) is 0.250. The highest BCUT2D eigenvalue weighted by Crippen LogP contribution is 2.36. The smallest absolute Gasteiger partial charge is 0.305 e. The Kier molecular flexibility index (Phi) is 11.6. The van der Waals surface area contributed by atoms with Gasteiger partial charge in [-0.1, -0.05) is 68.0 Å². The second-order valence-corrected chi connectivity index (χ2v) is 8.43. The Morgan fingerprint density at radius 1 is 1.16 bits per heavy atom. The summed E-state index contributed by atoms with van der Waals surface area (Å²) in [5, 5.41) is 31.0. The molecule has 5 heteroatoms. The summed E-state index contributed by atoms with van der Waals surface area (Å²) in [6.07, 6.45) is 11.3. The van der Waals surface area contributed by atoms with Crippen molar-refractivity contribution in [1.82, 2.24) is 0 Å². The van der Waals surface area contributed by atoms with Crippen molar-refractivity contribution in [3.05, 3.63) is 60.2 Å². The number of carbonyl (C=O) groups is 1. The molecule has 5 nitrogen and oxygen atoms in total. The van der Waals surface area contributed by atoms with Gasteiger partial charge in [-0.05, 0) is 37.2 Å². The van der Waals surface area contributed by atoms with Gasteiger partial charge in [0.15, 0.2) is 0 Å². The lowest BCUT2D eigenvalue weighted by molar-refractivity contribution is -0.143. The third-order valence-corrected chi connectivity index (χ3v) is 5.85. The molecule has 0 amide bonds. The fourth-order valence-corrected chi connectivity index (χ4v) is 4.02. The zero-order valence-electron chi connectivity index (χ0n) is 18.6. The average molecular weight is 431 g/mol. The van der Waals surface area contributed by atoms with Gasteiger partial charge in [-0.25, -0.2) is 0 Å². The van der Waals surface area contributed by atoms with Gasteiger partial charge in [0.05, 0.1) is 24.9 Å². The minimum atomic E-state index is -0.624. The molecule has 1 saturated carbocycles. The van der Waals surface area contributed by atoms with Crippen LogP contribution < -0.4 is 0 Å². The van der Waals surface area contributed by atoms with Gasteiger partial charge in [0.25, 0.3) is 0 Å². The van der Waals surface area contributed by atoms with Crippen LogP contribution in [0, 0.1) is 11.8 Å². The molecule has 1 aliphatic carbocycles. The molecule has 0 heterocycles. The second-order valence-electron chi connectivity index (χ2n) is 8.43. The van der Waals surface area contributed by atoms with Crippen LogP contribution in [0.4, 0.5) is 0 Å². The van der Waals surface area contributed by atoms with Gasteiger partial charge in [0, 0.05) is 25.2 Å². The first-order chi connectivity index (χ1) is 15.0. The number of unbranched alkanes of at least 4 members (excludes halogenated alkanes) is 2. The number of rotatable bonds is 13. The minimum absolute atomic E-state index is 0.0783. The Morgan fingerprint density at radius 2 is 1.94 bits per heavy atom. The zero-order valence-corrected chi connectivity index (χ0v) is 18.6. The lowest BCUT2D eigenvalue weighted by Gasteiger charge is -2.19. The van der Waals surface area contributed by atoms with Crippen molar-refractivity contribution >= 4 is 5.97 Å². The molecule has 0 spiro atoms. The molecular weight excluding hydrogens is 392 g/mol. The van der Waals surface area contributed by atoms with Gasteiger partial charge in [-0.15, -0.1) is 0 Å². The molecule has 0 bridgehead atoms. The standard InChI is InChI=1S/C26H38O5/c1-2-3-17-31-26(30)14-10-5-4-9-13-22-23(25(29)19-24(22)28)16-15-21(27)18-20-11-7-6-8-12-20/h4,6-9,11-12,15-16,21-25,27-29H,2-3,5,10,13-14,17-19H2,1H3/b9-4-,16-15+/t21-,22-,23?,24+,25-/m1/s1. The first-order valence-corrected chi connectivity index (χ1v) is 11.6. The predicted octanol–water partition coefficient (Wildman–Crippen LogP) is 3.96. The zero-order chi connectivity index (χ0) is 22.5. The summed E-state index contributed by atoms with van der Waals surface area (Å²) in [6.45, 7) is 2.56. The summed E-state index contributed by atoms with van der Waals surface area (Å²) in [5.41, 5.74) is 1.06. The van der Waals surface area contributed by atoms with E-state index < -0.39 is 18.3 Å². The van der Waals surface area contributed by atoms with E-state index in [-0.39, 0.29) is 17.8 Å². The number of ether oxygens (including phenoxy) is 1. The van der Waals surface area contributed by atoms with E-state index in [2.05, 4.69) is 6.92 Å². The second kappa shape index (κ2) is 14.2. The highest BCUT2D eigenvalue weighted by Gasteiger charge is 2.39. The van der Waals surface area contributed by atoms with Crippen LogP contribution in [0.2, 0.25) is 0 Å². The van der Waals surface area contributed by atoms with Crippen molar-refractivity contribution in [3.63, 3.8) is 0 Å². The molecule has 31 heavy (non-hydrogen) atoms. The van der Waals surface area contributed by atoms with Crippen LogP contribution in [-0.4, -0.2) is 46.2 Å². The monoisotopic (exact) mass is 430 g/mol. The molecule has 1 aliphatic rings. The predicted molar refractivity (Wildman–Crippen MR) is 122 cm³/mol. The van der Waals surface area contributed by atoms with Crippen LogP contribution in [0.1, 0.15) is 57.4 Å². The van der Waals surface area contributed by atoms with E-state index in [4.69, 9.17) is 4.74 Å². The first-order valence-electron chi connectivity index (χ1n) is 11.6. The molecule has 1 aromatic rings. The Labute approximate surface area is 186 Å². The maximum Gasteiger partial charge on any atom is 0.305 e. The van der Waals surface area contributed by atoms with Crippen LogP contribution in [0.5, 0.6) is 0 Å². The fraction of sp³-hybridized carbons (Fsp3) is 0.577. The van der Waals surface area contributed by atoms with Crippen LogP contribution >= 0.6 is 0 Å². The summed E-state index contributed by atoms with van der Waals surface area (Å²) < 4.78 is 5.14. The van der Waals surface area contributed by atoms with Crippen molar-refractivity contribution in [1.29, 1.82) is 0 Å². The summed E-state index contributed by atoms with van der Waals surface area (Å²) in [7, 11) is 0. The molecule has 2 rings (SSSR count). The maximum atomic E-state index is 11.6. The molecular formula is C26H38O5. The van der Waals surface area contributed by atoms with Crippen molar-refractivity contribution < 1.29 is 24.9 Å². The lowest BCUT2D eigenvalue weighted by atomic mass is 9.89. The first kappa shape index (κ1) is 25.3. The van der Waals surface area contributed by atoms with Crippen LogP contribution in [0.15, 0.2) is 54.6 Å². The highest BCUT2D eigenvalue weighted by molar-refractivity contribution is 5.69. The highest BCUT2D eigenvalue weighted by atomic mass is 16.5. The van der Waals surface area contributed by atoms with Crippen molar-refractivity contribution in [2.24, 2.45) is 11.8 Å². The maximum absolute atomic E-state index is 11.6. The van der Waals surface area contributed by atoms with E-state index >= 15 is 0 Å². The number of esters is 1. The molecule has 0 saturated heterocycles. The van der Waals surface area contributed by atoms with E-state index in [1.54, 1.807) is 6.08 Å². The SMILES string of the molecule is CCCCOC(=O)CCC/C=C\C[C@@H]1C(/C=C/[C@@H](O)Cc2ccccc2)[C@H](O)C[C@@H]1O. The normalized spacial score (nSPS) is 24.8. The van der Waals surface area contributed by atoms with E-state index in [0.717, 1.165) is 31.2 Å². The van der Waals surface area contributed by atoms with Gasteiger partial charge in [-0.3, -0.25) is 4.79 Å². The number of hydrogen-bond acceptors (Lipinski definition) is 5. The molecule has 1 fully saturated rings. The Bertz CT molecular complexity index is 684. The minimum Gasteiger partial charge on any atom is -0.466 e. The van der Waals surface area contributed by atoms with Crippen LogP contribution in [0.25, 0.3) is 0 Å². The van der Waals surface area contributed by atoms with Crippen LogP contribution in [0.3, 0.4) is 0 Å². The molecule has 3 N–H and O–H groups in total. The summed E-state index contributed by atoms with van der Waals surface area (Å²) >= 11 is 0. The number of benzene rings is 1. The molecule has 1 aromatic carbocycles. The third-order valence-electron chi connectivity index (χ3n) is 5.85. The van der Waals surface area contributed by atoms with Crippen molar-refractivity contribution in [2.45, 2.75) is 76.6 Å². The van der Waals surface area contributed by atoms with Gasteiger partial charge in [-0.2, -0.15) is 0 Å². The molecule has 0 aromatic heterocycles. The van der Waals surface area contributed by atoms with Crippen molar-refractivity contribution in [2.75, 3.05) is 6.61 Å². The lowest BCUT2D eigenvalue weighted by Crippen LogP contribution is -2.20. The van der Waals surface area contributed by atoms with Gasteiger partial charge in [0.2, 0.25) is 0 Å². The van der Waals surface area contributed by atoms with Gasteiger partial charge < -0.3 is 20.1 Å². The van der Waals surface area contributed by atoms with Gasteiger partial charge >= 0.3 is 5.97 Å². The van der Waals surface area contributed by atoms with Crippen molar-refractivity contribution in [3.8, 4) is 0 Å². The van der Waals surface area contributed by atoms with E-state index in [9.17, 15) is 20.1 Å². The Morgan fingerprint density at radius 3 is 2.68 bits per heavy atom. The largest absolute Gasteiger partial charge is 0.466 e. The number of hydrogen-bond donors (Lipinski definition) is 3. The van der Waals surface area contributed by atoms with Crippen LogP contribution in [-0.2, 0) is 16.0 Å². The van der Waals surface area contributed by atoms with E-state index in [0.29, 0.717) is 32.3 Å².